The molecule has 120 valence electrons. The fourth-order valence-corrected chi connectivity index (χ4v) is 2.80. The Morgan fingerprint density at radius 2 is 2.00 bits per heavy atom. The number of carbonyl (C=O) groups is 2. The second kappa shape index (κ2) is 7.24. The molecule has 1 aromatic heterocycles. The first kappa shape index (κ1) is 16.3. The van der Waals surface area contributed by atoms with Crippen molar-refractivity contribution < 1.29 is 19.1 Å². The number of pyridine rings is 1. The molecule has 22 heavy (non-hydrogen) atoms. The zero-order valence-corrected chi connectivity index (χ0v) is 13.0. The van der Waals surface area contributed by atoms with Gasteiger partial charge in [-0.05, 0) is 18.3 Å². The van der Waals surface area contributed by atoms with E-state index in [1.807, 2.05) is 0 Å². The van der Waals surface area contributed by atoms with Crippen LogP contribution in [0.15, 0.2) is 24.5 Å². The molecule has 1 saturated carbocycles. The number of rotatable bonds is 4. The fourth-order valence-electron chi connectivity index (χ4n) is 2.80. The molecule has 0 radical (unpaired) electrons. The highest BCUT2D eigenvalue weighted by molar-refractivity contribution is 5.91. The Hall–Kier alpha value is -2.11. The maximum Gasteiger partial charge on any atom is 0.339 e. The van der Waals surface area contributed by atoms with Gasteiger partial charge in [-0.15, -0.1) is 0 Å². The number of carbonyl (C=O) groups excluding carboxylic acids is 2. The number of amides is 1. The molecule has 0 unspecified atom stereocenters. The molecule has 1 aromatic rings. The van der Waals surface area contributed by atoms with Gasteiger partial charge in [0, 0.05) is 18.2 Å². The molecular weight excluding hydrogens is 284 g/mol. The Morgan fingerprint density at radius 3 is 2.68 bits per heavy atom. The Kier molecular flexibility index (Phi) is 5.35. The third-order valence-electron chi connectivity index (χ3n) is 4.43. The van der Waals surface area contributed by atoms with Crippen LogP contribution in [0.5, 0.6) is 0 Å². The minimum atomic E-state index is -0.610. The molecule has 0 bridgehead atoms. The first-order valence-electron chi connectivity index (χ1n) is 7.62. The van der Waals surface area contributed by atoms with Gasteiger partial charge in [0.15, 0.2) is 19.0 Å². The number of ether oxygens (including phenoxy) is 1. The van der Waals surface area contributed by atoms with Gasteiger partial charge in [0.05, 0.1) is 5.56 Å². The molecule has 3 atom stereocenters. The summed E-state index contributed by atoms with van der Waals surface area (Å²) in [5.41, 5.74) is 0.250. The third kappa shape index (κ3) is 4.19. The van der Waals surface area contributed by atoms with Crippen molar-refractivity contribution >= 4 is 11.9 Å². The standard InChI is InChI=1S/C16H22N2O4/c1-11-4-3-5-14(12(11)2)17-15(19)10-22-16(20)13-6-8-18(21)9-7-13/h6-9,11-12,14H,3-5,10H2,1-2H3,(H,17,19)/t11-,12-,14+/m1/s1. The molecule has 1 aliphatic carbocycles. The van der Waals surface area contributed by atoms with Gasteiger partial charge >= 0.3 is 5.97 Å². The third-order valence-corrected chi connectivity index (χ3v) is 4.43. The molecule has 1 fully saturated rings. The predicted octanol–water partition coefficient (Wildman–Crippen LogP) is 1.42. The summed E-state index contributed by atoms with van der Waals surface area (Å²) in [5.74, 6) is 0.120. The van der Waals surface area contributed by atoms with Crippen molar-refractivity contribution in [2.75, 3.05) is 6.61 Å². The molecule has 6 nitrogen and oxygen atoms in total. The van der Waals surface area contributed by atoms with Gasteiger partial charge in [0.25, 0.3) is 5.91 Å². The molecule has 0 aliphatic heterocycles. The van der Waals surface area contributed by atoms with Gasteiger partial charge in [-0.3, -0.25) is 4.79 Å². The van der Waals surface area contributed by atoms with Crippen molar-refractivity contribution in [2.45, 2.75) is 39.2 Å². The van der Waals surface area contributed by atoms with Crippen LogP contribution >= 0.6 is 0 Å². The topological polar surface area (TPSA) is 82.3 Å². The summed E-state index contributed by atoms with van der Waals surface area (Å²) in [4.78, 5) is 23.7. The molecule has 1 heterocycles. The second-order valence-corrected chi connectivity index (χ2v) is 5.96. The van der Waals surface area contributed by atoms with Crippen LogP contribution in [0.1, 0.15) is 43.5 Å². The molecule has 1 aliphatic rings. The summed E-state index contributed by atoms with van der Waals surface area (Å²) in [6.07, 6.45) is 5.68. The number of esters is 1. The Labute approximate surface area is 130 Å². The predicted molar refractivity (Wildman–Crippen MR) is 79.8 cm³/mol. The summed E-state index contributed by atoms with van der Waals surface area (Å²) < 4.78 is 5.55. The highest BCUT2D eigenvalue weighted by Gasteiger charge is 2.28. The van der Waals surface area contributed by atoms with Crippen molar-refractivity contribution in [3.63, 3.8) is 0 Å². The Bertz CT molecular complexity index is 529. The lowest BCUT2D eigenvalue weighted by Gasteiger charge is -2.34. The SMILES string of the molecule is C[C@@H]1[C@H](C)CCC[C@@H]1NC(=O)COC(=O)c1cc[n+]([O-])cc1. The number of hydrogen-bond acceptors (Lipinski definition) is 4. The smallest absolute Gasteiger partial charge is 0.339 e. The van der Waals surface area contributed by atoms with Gasteiger partial charge < -0.3 is 15.3 Å². The maximum atomic E-state index is 11.9. The quantitative estimate of drug-likeness (QED) is 0.518. The van der Waals surface area contributed by atoms with Gasteiger partial charge in [-0.2, -0.15) is 4.73 Å². The lowest BCUT2D eigenvalue weighted by Crippen LogP contribution is -2.45. The first-order chi connectivity index (χ1) is 10.5. The van der Waals surface area contributed by atoms with Gasteiger partial charge in [-0.1, -0.05) is 26.7 Å². The fraction of sp³-hybridized carbons (Fsp3) is 0.562. The first-order valence-corrected chi connectivity index (χ1v) is 7.62. The molecule has 0 spiro atoms. The molecular formula is C16H22N2O4. The van der Waals surface area contributed by atoms with E-state index >= 15 is 0 Å². The highest BCUT2D eigenvalue weighted by Crippen LogP contribution is 2.29. The number of nitrogens with one attached hydrogen (secondary N) is 1. The minimum Gasteiger partial charge on any atom is -0.619 e. The molecule has 1 N–H and O–H groups in total. The van der Waals surface area contributed by atoms with Gasteiger partial charge in [0.2, 0.25) is 0 Å². The van der Waals surface area contributed by atoms with E-state index in [0.717, 1.165) is 12.8 Å². The average Bonchev–Trinajstić information content (AvgIpc) is 2.50. The molecule has 0 saturated heterocycles. The summed E-state index contributed by atoms with van der Waals surface area (Å²) in [5, 5.41) is 13.8. The van der Waals surface area contributed by atoms with Crippen molar-refractivity contribution in [3.05, 3.63) is 35.3 Å². The normalized spacial score (nSPS) is 24.5. The van der Waals surface area contributed by atoms with Crippen LogP contribution in [0, 0.1) is 17.0 Å². The van der Waals surface area contributed by atoms with E-state index in [9.17, 15) is 14.8 Å². The van der Waals surface area contributed by atoms with Crippen LogP contribution < -0.4 is 10.0 Å². The van der Waals surface area contributed by atoms with Crippen LogP contribution in [-0.2, 0) is 9.53 Å². The van der Waals surface area contributed by atoms with E-state index in [-0.39, 0.29) is 24.1 Å². The lowest BCUT2D eigenvalue weighted by atomic mass is 9.78. The molecule has 0 aromatic carbocycles. The monoisotopic (exact) mass is 306 g/mol. The van der Waals surface area contributed by atoms with E-state index in [1.54, 1.807) is 0 Å². The average molecular weight is 306 g/mol. The summed E-state index contributed by atoms with van der Waals surface area (Å²) in [6, 6.07) is 2.86. The van der Waals surface area contributed by atoms with E-state index in [0.29, 0.717) is 16.6 Å². The van der Waals surface area contributed by atoms with Crippen LogP contribution in [0.4, 0.5) is 0 Å². The number of hydrogen-bond donors (Lipinski definition) is 1. The van der Waals surface area contributed by atoms with Gasteiger partial charge in [-0.25, -0.2) is 4.79 Å². The summed E-state index contributed by atoms with van der Waals surface area (Å²) >= 11 is 0. The van der Waals surface area contributed by atoms with Crippen molar-refractivity contribution in [3.8, 4) is 0 Å². The van der Waals surface area contributed by atoms with Crippen LogP contribution in [0.3, 0.4) is 0 Å². The van der Waals surface area contributed by atoms with Crippen LogP contribution in [-0.4, -0.2) is 24.5 Å². The Balaban J connectivity index is 1.80. The minimum absolute atomic E-state index is 0.145. The van der Waals surface area contributed by atoms with E-state index in [2.05, 4.69) is 19.2 Å². The van der Waals surface area contributed by atoms with Crippen molar-refractivity contribution in [2.24, 2.45) is 11.8 Å². The van der Waals surface area contributed by atoms with Crippen LogP contribution in [0.2, 0.25) is 0 Å². The number of nitrogens with zero attached hydrogens (tertiary/aromatic N) is 1. The van der Waals surface area contributed by atoms with Crippen molar-refractivity contribution in [1.82, 2.24) is 5.32 Å². The highest BCUT2D eigenvalue weighted by atomic mass is 16.5. The maximum absolute atomic E-state index is 11.9. The zero-order chi connectivity index (χ0) is 16.1. The molecule has 1 amide bonds. The van der Waals surface area contributed by atoms with E-state index in [4.69, 9.17) is 4.74 Å². The zero-order valence-electron chi connectivity index (χ0n) is 13.0. The molecule has 2 rings (SSSR count). The van der Waals surface area contributed by atoms with Gasteiger partial charge in [0.1, 0.15) is 0 Å². The number of aromatic nitrogens is 1. The summed E-state index contributed by atoms with van der Waals surface area (Å²) in [6.45, 7) is 4.03. The molecule has 6 heteroatoms. The van der Waals surface area contributed by atoms with E-state index in [1.165, 1.54) is 30.9 Å². The Morgan fingerprint density at radius 1 is 1.32 bits per heavy atom. The lowest BCUT2D eigenvalue weighted by molar-refractivity contribution is -0.605. The van der Waals surface area contributed by atoms with Crippen LogP contribution in [0.25, 0.3) is 0 Å². The second-order valence-electron chi connectivity index (χ2n) is 5.96. The van der Waals surface area contributed by atoms with E-state index < -0.39 is 5.97 Å². The van der Waals surface area contributed by atoms with Crippen molar-refractivity contribution in [1.29, 1.82) is 0 Å². The largest absolute Gasteiger partial charge is 0.619 e. The summed E-state index contributed by atoms with van der Waals surface area (Å²) in [7, 11) is 0.